The third-order valence-corrected chi connectivity index (χ3v) is 4.86. The van der Waals surface area contributed by atoms with E-state index in [2.05, 4.69) is 13.8 Å². The van der Waals surface area contributed by atoms with Gasteiger partial charge in [0.15, 0.2) is 0 Å². The summed E-state index contributed by atoms with van der Waals surface area (Å²) in [6.45, 7) is 5.91. The highest BCUT2D eigenvalue weighted by Crippen LogP contribution is 2.39. The summed E-state index contributed by atoms with van der Waals surface area (Å²) in [6.07, 6.45) is 6.39. The van der Waals surface area contributed by atoms with E-state index in [-0.39, 0.29) is 17.6 Å². The molecule has 4 heteroatoms. The van der Waals surface area contributed by atoms with E-state index < -0.39 is 0 Å². The molecule has 2 fully saturated rings. The van der Waals surface area contributed by atoms with E-state index >= 15 is 0 Å². The number of methoxy groups -OCH3 is 1. The molecule has 2 aliphatic rings. The molecule has 0 heterocycles. The maximum atomic E-state index is 6.21. The summed E-state index contributed by atoms with van der Waals surface area (Å²) in [5.41, 5.74) is 0.489. The van der Waals surface area contributed by atoms with Gasteiger partial charge < -0.3 is 14.2 Å². The van der Waals surface area contributed by atoms with Gasteiger partial charge in [0, 0.05) is 7.11 Å². The van der Waals surface area contributed by atoms with Gasteiger partial charge in [0.05, 0.1) is 30.8 Å². The van der Waals surface area contributed by atoms with Gasteiger partial charge in [0.1, 0.15) is 6.10 Å². The summed E-state index contributed by atoms with van der Waals surface area (Å²) >= 11 is 6.21. The van der Waals surface area contributed by atoms with Crippen LogP contribution >= 0.6 is 11.6 Å². The van der Waals surface area contributed by atoms with Gasteiger partial charge in [-0.3, -0.25) is 0 Å². The van der Waals surface area contributed by atoms with Crippen molar-refractivity contribution in [3.05, 3.63) is 0 Å². The molecule has 2 rings (SSSR count). The molecular weight excluding hydrogens is 264 g/mol. The molecule has 3 atom stereocenters. The molecule has 0 radical (unpaired) electrons. The van der Waals surface area contributed by atoms with E-state index in [9.17, 15) is 0 Å². The molecular formula is C15H27ClO3. The standard InChI is InChI=1S/C15H27ClO3/c1-15(2)6-4-11(5-7-15)19-13-10-12(16)14(13)18-9-8-17-3/h11-14H,4-10H2,1-3H3. The molecule has 0 aliphatic heterocycles. The normalized spacial score (nSPS) is 35.1. The number of hydrogen-bond acceptors (Lipinski definition) is 3. The Morgan fingerprint density at radius 1 is 1.16 bits per heavy atom. The highest BCUT2D eigenvalue weighted by Gasteiger charge is 2.43. The first kappa shape index (κ1) is 15.6. The molecule has 0 aromatic carbocycles. The van der Waals surface area contributed by atoms with Crippen LogP contribution in [0.1, 0.15) is 46.0 Å². The topological polar surface area (TPSA) is 27.7 Å². The summed E-state index contributed by atoms with van der Waals surface area (Å²) < 4.78 is 16.9. The van der Waals surface area contributed by atoms with Gasteiger partial charge in [0.2, 0.25) is 0 Å². The van der Waals surface area contributed by atoms with Gasteiger partial charge in [-0.2, -0.15) is 0 Å². The van der Waals surface area contributed by atoms with Crippen LogP contribution in [0.25, 0.3) is 0 Å². The van der Waals surface area contributed by atoms with Gasteiger partial charge in [-0.1, -0.05) is 13.8 Å². The molecule has 112 valence electrons. The Kier molecular flexibility index (Phi) is 5.53. The van der Waals surface area contributed by atoms with Crippen LogP contribution < -0.4 is 0 Å². The van der Waals surface area contributed by atoms with Crippen molar-refractivity contribution < 1.29 is 14.2 Å². The molecule has 19 heavy (non-hydrogen) atoms. The molecule has 0 saturated heterocycles. The molecule has 3 nitrogen and oxygen atoms in total. The summed E-state index contributed by atoms with van der Waals surface area (Å²) in [5, 5.41) is 0.0990. The Morgan fingerprint density at radius 3 is 2.42 bits per heavy atom. The first-order chi connectivity index (χ1) is 9.02. The number of halogens is 1. The zero-order valence-corrected chi connectivity index (χ0v) is 13.1. The number of rotatable bonds is 6. The number of hydrogen-bond donors (Lipinski definition) is 0. The lowest BCUT2D eigenvalue weighted by molar-refractivity contribution is -0.161. The zero-order chi connectivity index (χ0) is 13.9. The van der Waals surface area contributed by atoms with Gasteiger partial charge in [0.25, 0.3) is 0 Å². The number of ether oxygens (including phenoxy) is 3. The third-order valence-electron chi connectivity index (χ3n) is 4.43. The van der Waals surface area contributed by atoms with Crippen molar-refractivity contribution in [1.82, 2.24) is 0 Å². The average molecular weight is 291 g/mol. The molecule has 3 unspecified atom stereocenters. The first-order valence-electron chi connectivity index (χ1n) is 7.42. The summed E-state index contributed by atoms with van der Waals surface area (Å²) in [7, 11) is 1.68. The minimum Gasteiger partial charge on any atom is -0.382 e. The van der Waals surface area contributed by atoms with Crippen molar-refractivity contribution in [1.29, 1.82) is 0 Å². The molecule has 0 aromatic heterocycles. The average Bonchev–Trinajstić information content (AvgIpc) is 2.36. The van der Waals surface area contributed by atoms with E-state index in [0.717, 1.165) is 6.42 Å². The Morgan fingerprint density at radius 2 is 1.84 bits per heavy atom. The second kappa shape index (κ2) is 6.75. The third kappa shape index (κ3) is 4.32. The minimum absolute atomic E-state index is 0.0479. The van der Waals surface area contributed by atoms with Crippen LogP contribution in [0.15, 0.2) is 0 Å². The lowest BCUT2D eigenvalue weighted by atomic mass is 9.76. The van der Waals surface area contributed by atoms with Gasteiger partial charge in [-0.05, 0) is 37.5 Å². The molecule has 0 spiro atoms. The Balaban J connectivity index is 1.71. The van der Waals surface area contributed by atoms with Crippen molar-refractivity contribution in [2.24, 2.45) is 5.41 Å². The lowest BCUT2D eigenvalue weighted by Crippen LogP contribution is -2.53. The SMILES string of the molecule is COCCOC1C(Cl)CC1OC1CCC(C)(C)CC1. The summed E-state index contributed by atoms with van der Waals surface area (Å²) in [5.74, 6) is 0. The summed E-state index contributed by atoms with van der Waals surface area (Å²) in [6, 6.07) is 0. The molecule has 0 amide bonds. The fourth-order valence-electron chi connectivity index (χ4n) is 2.90. The largest absolute Gasteiger partial charge is 0.382 e. The molecule has 0 aromatic rings. The molecule has 2 aliphatic carbocycles. The van der Waals surface area contributed by atoms with Gasteiger partial charge in [-0.15, -0.1) is 11.6 Å². The second-order valence-corrected chi connectivity index (χ2v) is 7.18. The molecule has 0 bridgehead atoms. The van der Waals surface area contributed by atoms with Crippen LogP contribution in [0.5, 0.6) is 0 Å². The van der Waals surface area contributed by atoms with Crippen LogP contribution in [0.4, 0.5) is 0 Å². The highest BCUT2D eigenvalue weighted by atomic mass is 35.5. The predicted octanol–water partition coefficient (Wildman–Crippen LogP) is 3.38. The van der Waals surface area contributed by atoms with E-state index in [4.69, 9.17) is 25.8 Å². The van der Waals surface area contributed by atoms with Crippen LogP contribution in [0.3, 0.4) is 0 Å². The summed E-state index contributed by atoms with van der Waals surface area (Å²) in [4.78, 5) is 0. The number of alkyl halides is 1. The predicted molar refractivity (Wildman–Crippen MR) is 76.8 cm³/mol. The van der Waals surface area contributed by atoms with E-state index in [1.165, 1.54) is 25.7 Å². The molecule has 0 N–H and O–H groups in total. The first-order valence-corrected chi connectivity index (χ1v) is 7.85. The van der Waals surface area contributed by atoms with Crippen molar-refractivity contribution in [2.75, 3.05) is 20.3 Å². The van der Waals surface area contributed by atoms with Gasteiger partial charge >= 0.3 is 0 Å². The quantitative estimate of drug-likeness (QED) is 0.554. The second-order valence-electron chi connectivity index (χ2n) is 6.62. The minimum atomic E-state index is 0.0479. The molecule has 2 saturated carbocycles. The van der Waals surface area contributed by atoms with Crippen LogP contribution in [0.2, 0.25) is 0 Å². The van der Waals surface area contributed by atoms with E-state index in [1.807, 2.05) is 0 Å². The van der Waals surface area contributed by atoms with Crippen molar-refractivity contribution in [3.8, 4) is 0 Å². The van der Waals surface area contributed by atoms with Gasteiger partial charge in [-0.25, -0.2) is 0 Å². The maximum absolute atomic E-state index is 6.21. The van der Waals surface area contributed by atoms with Crippen LogP contribution in [-0.4, -0.2) is 44.0 Å². The Hall–Kier alpha value is 0.170. The maximum Gasteiger partial charge on any atom is 0.100 e. The lowest BCUT2D eigenvalue weighted by Gasteiger charge is -2.44. The monoisotopic (exact) mass is 290 g/mol. The van der Waals surface area contributed by atoms with Crippen molar-refractivity contribution in [2.45, 2.75) is 69.6 Å². The van der Waals surface area contributed by atoms with Crippen LogP contribution in [0, 0.1) is 5.41 Å². The highest BCUT2D eigenvalue weighted by molar-refractivity contribution is 6.21. The van der Waals surface area contributed by atoms with Crippen molar-refractivity contribution >= 4 is 11.6 Å². The Bertz CT molecular complexity index is 273. The Labute approximate surface area is 121 Å². The van der Waals surface area contributed by atoms with Crippen LogP contribution in [-0.2, 0) is 14.2 Å². The smallest absolute Gasteiger partial charge is 0.100 e. The zero-order valence-electron chi connectivity index (χ0n) is 12.4. The van der Waals surface area contributed by atoms with Crippen molar-refractivity contribution in [3.63, 3.8) is 0 Å². The fraction of sp³-hybridized carbons (Fsp3) is 1.00. The van der Waals surface area contributed by atoms with E-state index in [1.54, 1.807) is 7.11 Å². The fourth-order valence-corrected chi connectivity index (χ4v) is 3.31. The van der Waals surface area contributed by atoms with E-state index in [0.29, 0.717) is 24.7 Å².